The zero-order chi connectivity index (χ0) is 18.7. The molecule has 1 aromatic heterocycles. The Kier molecular flexibility index (Phi) is 5.36. The standard InChI is InChI=1S/C17H22N3O5P/c1-11(14-3-2-7-19-17(14)21)18-8-6-12-10-20-16-5-4-13(9-15(12)16)25-26(22,23)24/h4-5,9-10,14,18,20H,1-3,6-8H2,(H,19,21)(H2,22,23,24). The maximum Gasteiger partial charge on any atom is 0.524 e. The Bertz CT molecular complexity index is 872. The smallest absolute Gasteiger partial charge is 0.404 e. The van der Waals surface area contributed by atoms with Crippen molar-refractivity contribution in [2.75, 3.05) is 13.1 Å². The summed E-state index contributed by atoms with van der Waals surface area (Å²) in [6.45, 7) is 5.29. The molecule has 2 aromatic rings. The van der Waals surface area contributed by atoms with Crippen LogP contribution in [0.5, 0.6) is 5.75 Å². The van der Waals surface area contributed by atoms with Gasteiger partial charge < -0.3 is 20.1 Å². The molecular formula is C17H22N3O5P. The van der Waals surface area contributed by atoms with Gasteiger partial charge in [0, 0.05) is 35.9 Å². The Labute approximate surface area is 150 Å². The van der Waals surface area contributed by atoms with Crippen LogP contribution in [0, 0.1) is 5.92 Å². The number of benzene rings is 1. The second-order valence-corrected chi connectivity index (χ2v) is 7.45. The number of rotatable bonds is 7. The number of carbonyl (C=O) groups excluding carboxylic acids is 1. The Balaban J connectivity index is 1.63. The van der Waals surface area contributed by atoms with Gasteiger partial charge in [-0.3, -0.25) is 14.6 Å². The number of aromatic amines is 1. The lowest BCUT2D eigenvalue weighted by atomic mass is 9.95. The van der Waals surface area contributed by atoms with Gasteiger partial charge in [-0.1, -0.05) is 6.58 Å². The Hall–Kier alpha value is -2.28. The summed E-state index contributed by atoms with van der Waals surface area (Å²) in [4.78, 5) is 32.9. The summed E-state index contributed by atoms with van der Waals surface area (Å²) in [5.41, 5.74) is 2.54. The van der Waals surface area contributed by atoms with E-state index in [0.29, 0.717) is 18.7 Å². The van der Waals surface area contributed by atoms with E-state index in [0.717, 1.165) is 35.9 Å². The third-order valence-electron chi connectivity index (χ3n) is 4.42. The zero-order valence-corrected chi connectivity index (χ0v) is 15.1. The van der Waals surface area contributed by atoms with Crippen molar-refractivity contribution >= 4 is 24.6 Å². The molecule has 1 atom stereocenters. The molecule has 0 spiro atoms. The van der Waals surface area contributed by atoms with Crippen LogP contribution in [0.3, 0.4) is 0 Å². The second kappa shape index (κ2) is 7.53. The highest BCUT2D eigenvalue weighted by atomic mass is 31.2. The van der Waals surface area contributed by atoms with Gasteiger partial charge in [0.25, 0.3) is 0 Å². The number of phosphoric acid groups is 1. The Morgan fingerprint density at radius 1 is 1.42 bits per heavy atom. The maximum atomic E-state index is 11.9. The molecule has 26 heavy (non-hydrogen) atoms. The van der Waals surface area contributed by atoms with Crippen LogP contribution < -0.4 is 15.2 Å². The molecule has 1 aliphatic heterocycles. The van der Waals surface area contributed by atoms with Crippen molar-refractivity contribution < 1.29 is 23.7 Å². The molecule has 5 N–H and O–H groups in total. The lowest BCUT2D eigenvalue weighted by Gasteiger charge is -2.24. The number of aromatic nitrogens is 1. The van der Waals surface area contributed by atoms with Crippen LogP contribution in [0.4, 0.5) is 0 Å². The predicted molar refractivity (Wildman–Crippen MR) is 97.6 cm³/mol. The van der Waals surface area contributed by atoms with Crippen LogP contribution in [0.2, 0.25) is 0 Å². The zero-order valence-electron chi connectivity index (χ0n) is 14.2. The quantitative estimate of drug-likeness (QED) is 0.468. The van der Waals surface area contributed by atoms with E-state index < -0.39 is 7.82 Å². The van der Waals surface area contributed by atoms with E-state index in [1.807, 2.05) is 6.20 Å². The first kappa shape index (κ1) is 18.5. The molecule has 9 heteroatoms. The van der Waals surface area contributed by atoms with E-state index in [1.54, 1.807) is 12.1 Å². The van der Waals surface area contributed by atoms with Gasteiger partial charge in [0.05, 0.1) is 5.92 Å². The number of amides is 1. The summed E-state index contributed by atoms with van der Waals surface area (Å²) in [7, 11) is -4.59. The number of fused-ring (bicyclic) bond motifs is 1. The van der Waals surface area contributed by atoms with Crippen molar-refractivity contribution in [2.45, 2.75) is 19.3 Å². The van der Waals surface area contributed by atoms with Crippen LogP contribution in [0.25, 0.3) is 10.9 Å². The number of hydrogen-bond acceptors (Lipinski definition) is 4. The Morgan fingerprint density at radius 3 is 2.96 bits per heavy atom. The number of nitrogens with one attached hydrogen (secondary N) is 3. The summed E-state index contributed by atoms with van der Waals surface area (Å²) >= 11 is 0. The summed E-state index contributed by atoms with van der Waals surface area (Å²) in [5.74, 6) is -0.0713. The van der Waals surface area contributed by atoms with Crippen molar-refractivity contribution in [3.63, 3.8) is 0 Å². The maximum absolute atomic E-state index is 11.9. The minimum Gasteiger partial charge on any atom is -0.404 e. The minimum absolute atomic E-state index is 0.0140. The van der Waals surface area contributed by atoms with E-state index in [1.165, 1.54) is 6.07 Å². The molecule has 1 saturated heterocycles. The first-order chi connectivity index (χ1) is 12.3. The van der Waals surface area contributed by atoms with E-state index in [-0.39, 0.29) is 17.6 Å². The number of phosphoric ester groups is 1. The third-order valence-corrected chi connectivity index (χ3v) is 4.86. The van der Waals surface area contributed by atoms with E-state index >= 15 is 0 Å². The first-order valence-electron chi connectivity index (χ1n) is 8.39. The van der Waals surface area contributed by atoms with Crippen LogP contribution in [0.1, 0.15) is 18.4 Å². The van der Waals surface area contributed by atoms with E-state index in [9.17, 15) is 9.36 Å². The molecule has 2 heterocycles. The molecule has 0 saturated carbocycles. The van der Waals surface area contributed by atoms with Gasteiger partial charge in [-0.25, -0.2) is 4.57 Å². The van der Waals surface area contributed by atoms with Crippen molar-refractivity contribution in [1.29, 1.82) is 0 Å². The lowest BCUT2D eigenvalue weighted by Crippen LogP contribution is -2.40. The number of piperidine rings is 1. The lowest BCUT2D eigenvalue weighted by molar-refractivity contribution is -0.125. The summed E-state index contributed by atoms with van der Waals surface area (Å²) in [6, 6.07) is 4.82. The molecular weight excluding hydrogens is 357 g/mol. The summed E-state index contributed by atoms with van der Waals surface area (Å²) in [5, 5.41) is 6.89. The average molecular weight is 379 g/mol. The van der Waals surface area contributed by atoms with E-state index in [4.69, 9.17) is 9.79 Å². The van der Waals surface area contributed by atoms with Crippen LogP contribution >= 0.6 is 7.82 Å². The number of H-pyrrole nitrogens is 1. The SMILES string of the molecule is C=C(NCCc1c[nH]c2ccc(OP(=O)(O)O)cc12)C1CCCNC1=O. The summed E-state index contributed by atoms with van der Waals surface area (Å²) in [6.07, 6.45) is 4.26. The topological polar surface area (TPSA) is 124 Å². The van der Waals surface area contributed by atoms with Crippen molar-refractivity contribution in [1.82, 2.24) is 15.6 Å². The van der Waals surface area contributed by atoms with Crippen molar-refractivity contribution in [2.24, 2.45) is 5.92 Å². The fourth-order valence-corrected chi connectivity index (χ4v) is 3.53. The highest BCUT2D eigenvalue weighted by molar-refractivity contribution is 7.46. The minimum atomic E-state index is -4.59. The fourth-order valence-electron chi connectivity index (χ4n) is 3.14. The van der Waals surface area contributed by atoms with Gasteiger partial charge in [0.1, 0.15) is 5.75 Å². The summed E-state index contributed by atoms with van der Waals surface area (Å²) < 4.78 is 15.6. The van der Waals surface area contributed by atoms with Gasteiger partial charge >= 0.3 is 7.82 Å². The van der Waals surface area contributed by atoms with Gasteiger partial charge in [0.2, 0.25) is 5.91 Å². The largest absolute Gasteiger partial charge is 0.524 e. The Morgan fingerprint density at radius 2 is 2.23 bits per heavy atom. The monoisotopic (exact) mass is 379 g/mol. The fraction of sp³-hybridized carbons (Fsp3) is 0.353. The first-order valence-corrected chi connectivity index (χ1v) is 9.92. The van der Waals surface area contributed by atoms with Gasteiger partial charge in [-0.05, 0) is 43.0 Å². The molecule has 8 nitrogen and oxygen atoms in total. The molecule has 3 rings (SSSR count). The molecule has 0 radical (unpaired) electrons. The number of hydrogen-bond donors (Lipinski definition) is 5. The molecule has 0 bridgehead atoms. The third kappa shape index (κ3) is 4.46. The van der Waals surface area contributed by atoms with Gasteiger partial charge in [0.15, 0.2) is 0 Å². The normalized spacial score (nSPS) is 17.8. The van der Waals surface area contributed by atoms with Crippen molar-refractivity contribution in [3.05, 3.63) is 42.2 Å². The van der Waals surface area contributed by atoms with Gasteiger partial charge in [-0.2, -0.15) is 0 Å². The molecule has 1 aliphatic rings. The van der Waals surface area contributed by atoms with Gasteiger partial charge in [-0.15, -0.1) is 0 Å². The average Bonchev–Trinajstić information content (AvgIpc) is 2.96. The highest BCUT2D eigenvalue weighted by Gasteiger charge is 2.24. The van der Waals surface area contributed by atoms with Crippen LogP contribution in [-0.2, 0) is 15.8 Å². The van der Waals surface area contributed by atoms with E-state index in [2.05, 4.69) is 26.7 Å². The van der Waals surface area contributed by atoms with Crippen molar-refractivity contribution in [3.8, 4) is 5.75 Å². The molecule has 1 fully saturated rings. The van der Waals surface area contributed by atoms with Crippen LogP contribution in [0.15, 0.2) is 36.7 Å². The van der Waals surface area contributed by atoms with Crippen LogP contribution in [-0.4, -0.2) is 33.8 Å². The predicted octanol–water partition coefficient (Wildman–Crippen LogP) is 1.81. The molecule has 0 aliphatic carbocycles. The molecule has 1 amide bonds. The highest BCUT2D eigenvalue weighted by Crippen LogP contribution is 2.38. The number of carbonyl (C=O) groups is 1. The second-order valence-electron chi connectivity index (χ2n) is 6.29. The molecule has 1 aromatic carbocycles. The molecule has 140 valence electrons. The molecule has 1 unspecified atom stereocenters.